The highest BCUT2D eigenvalue weighted by atomic mass is 16.4. The summed E-state index contributed by atoms with van der Waals surface area (Å²) in [6.45, 7) is 3.64. The molecule has 2 N–H and O–H groups in total. The molecule has 19 heavy (non-hydrogen) atoms. The molecule has 0 spiro atoms. The minimum atomic E-state index is -0.881. The van der Waals surface area contributed by atoms with Crippen molar-refractivity contribution in [1.82, 2.24) is 10.2 Å². The third-order valence-electron chi connectivity index (χ3n) is 3.37. The van der Waals surface area contributed by atoms with Gasteiger partial charge in [-0.1, -0.05) is 31.2 Å². The SMILES string of the molecule is CCNCC(=O)N1Cc2ccccc2C(C(=O)O)C1. The Morgan fingerprint density at radius 2 is 2.16 bits per heavy atom. The number of carbonyl (C=O) groups is 2. The van der Waals surface area contributed by atoms with E-state index in [1.54, 1.807) is 4.90 Å². The van der Waals surface area contributed by atoms with Crippen LogP contribution < -0.4 is 5.32 Å². The number of carbonyl (C=O) groups excluding carboxylic acids is 1. The number of rotatable bonds is 4. The van der Waals surface area contributed by atoms with Gasteiger partial charge in [-0.25, -0.2) is 0 Å². The van der Waals surface area contributed by atoms with Crippen molar-refractivity contribution in [2.24, 2.45) is 0 Å². The van der Waals surface area contributed by atoms with Crippen LogP contribution in [0, 0.1) is 0 Å². The van der Waals surface area contributed by atoms with Crippen molar-refractivity contribution in [3.63, 3.8) is 0 Å². The molecule has 5 heteroatoms. The van der Waals surface area contributed by atoms with Crippen molar-refractivity contribution < 1.29 is 14.7 Å². The van der Waals surface area contributed by atoms with Gasteiger partial charge >= 0.3 is 5.97 Å². The highest BCUT2D eigenvalue weighted by Gasteiger charge is 2.31. The maximum atomic E-state index is 12.0. The second-order valence-electron chi connectivity index (χ2n) is 4.64. The maximum absolute atomic E-state index is 12.0. The smallest absolute Gasteiger partial charge is 0.312 e. The molecule has 1 heterocycles. The fraction of sp³-hybridized carbons (Fsp3) is 0.429. The Bertz CT molecular complexity index is 487. The first-order valence-corrected chi connectivity index (χ1v) is 6.42. The molecule has 1 atom stereocenters. The summed E-state index contributed by atoms with van der Waals surface area (Å²) in [5.41, 5.74) is 1.74. The van der Waals surface area contributed by atoms with E-state index in [9.17, 15) is 14.7 Å². The quantitative estimate of drug-likeness (QED) is 0.842. The second-order valence-corrected chi connectivity index (χ2v) is 4.64. The van der Waals surface area contributed by atoms with Gasteiger partial charge in [0.25, 0.3) is 0 Å². The van der Waals surface area contributed by atoms with E-state index in [1.807, 2.05) is 31.2 Å². The van der Waals surface area contributed by atoms with Crippen molar-refractivity contribution in [2.45, 2.75) is 19.4 Å². The average molecular weight is 262 g/mol. The number of carboxylic acids is 1. The van der Waals surface area contributed by atoms with Gasteiger partial charge in [-0.05, 0) is 17.7 Å². The second kappa shape index (κ2) is 5.84. The number of hydrogen-bond acceptors (Lipinski definition) is 3. The topological polar surface area (TPSA) is 69.6 Å². The standard InChI is InChI=1S/C14H18N2O3/c1-2-15-7-13(17)16-8-10-5-3-4-6-11(10)12(9-16)14(18)19/h3-6,12,15H,2,7-9H2,1H3,(H,18,19). The maximum Gasteiger partial charge on any atom is 0.312 e. The predicted octanol–water partition coefficient (Wildman–Crippen LogP) is 0.806. The molecule has 1 aliphatic rings. The minimum absolute atomic E-state index is 0.0531. The molecule has 0 aliphatic carbocycles. The van der Waals surface area contributed by atoms with Crippen LogP contribution in [0.3, 0.4) is 0 Å². The van der Waals surface area contributed by atoms with Gasteiger partial charge < -0.3 is 15.3 Å². The molecule has 0 saturated heterocycles. The summed E-state index contributed by atoms with van der Waals surface area (Å²) in [4.78, 5) is 25.0. The van der Waals surface area contributed by atoms with Crippen LogP contribution in [0.15, 0.2) is 24.3 Å². The lowest BCUT2D eigenvalue weighted by Gasteiger charge is -2.32. The van der Waals surface area contributed by atoms with Gasteiger partial charge in [0.2, 0.25) is 5.91 Å². The molecule has 0 radical (unpaired) electrons. The van der Waals surface area contributed by atoms with Crippen molar-refractivity contribution in [3.8, 4) is 0 Å². The van der Waals surface area contributed by atoms with Crippen LogP contribution in [0.4, 0.5) is 0 Å². The molecular formula is C14H18N2O3. The number of benzene rings is 1. The van der Waals surface area contributed by atoms with Crippen molar-refractivity contribution >= 4 is 11.9 Å². The third-order valence-corrected chi connectivity index (χ3v) is 3.37. The Kier molecular flexibility index (Phi) is 4.16. The van der Waals surface area contributed by atoms with Gasteiger partial charge in [0, 0.05) is 13.1 Å². The van der Waals surface area contributed by atoms with Gasteiger partial charge in [0.15, 0.2) is 0 Å². The Morgan fingerprint density at radius 3 is 2.84 bits per heavy atom. The number of aliphatic carboxylic acids is 1. The fourth-order valence-corrected chi connectivity index (χ4v) is 2.35. The lowest BCUT2D eigenvalue weighted by Crippen LogP contribution is -2.44. The molecule has 0 fully saturated rings. The Labute approximate surface area is 112 Å². The molecule has 0 saturated carbocycles. The highest BCUT2D eigenvalue weighted by molar-refractivity contribution is 5.82. The zero-order valence-electron chi connectivity index (χ0n) is 10.9. The molecule has 5 nitrogen and oxygen atoms in total. The van der Waals surface area contributed by atoms with E-state index in [2.05, 4.69) is 5.32 Å². The van der Waals surface area contributed by atoms with Crippen LogP contribution in [0.25, 0.3) is 0 Å². The fourth-order valence-electron chi connectivity index (χ4n) is 2.35. The molecule has 102 valence electrons. The van der Waals surface area contributed by atoms with Crippen molar-refractivity contribution in [1.29, 1.82) is 0 Å². The first-order chi connectivity index (χ1) is 9.13. The summed E-state index contributed by atoms with van der Waals surface area (Å²) in [5.74, 6) is -1.56. The number of nitrogens with zero attached hydrogens (tertiary/aromatic N) is 1. The molecule has 1 amide bonds. The molecule has 1 aromatic rings. The number of nitrogens with one attached hydrogen (secondary N) is 1. The summed E-state index contributed by atoms with van der Waals surface area (Å²) >= 11 is 0. The molecule has 1 aliphatic heterocycles. The Hall–Kier alpha value is -1.88. The highest BCUT2D eigenvalue weighted by Crippen LogP contribution is 2.28. The first-order valence-electron chi connectivity index (χ1n) is 6.42. The van der Waals surface area contributed by atoms with Gasteiger partial charge in [-0.3, -0.25) is 9.59 Å². The number of fused-ring (bicyclic) bond motifs is 1. The lowest BCUT2D eigenvalue weighted by atomic mass is 9.90. The van der Waals surface area contributed by atoms with Gasteiger partial charge in [-0.15, -0.1) is 0 Å². The van der Waals surface area contributed by atoms with E-state index in [0.29, 0.717) is 6.54 Å². The van der Waals surface area contributed by atoms with Crippen LogP contribution >= 0.6 is 0 Å². The summed E-state index contributed by atoms with van der Waals surface area (Å²) in [6, 6.07) is 7.43. The minimum Gasteiger partial charge on any atom is -0.481 e. The number of amides is 1. The molecule has 1 unspecified atom stereocenters. The van der Waals surface area contributed by atoms with Crippen LogP contribution in [0.2, 0.25) is 0 Å². The zero-order chi connectivity index (χ0) is 13.8. The van der Waals surface area contributed by atoms with E-state index < -0.39 is 11.9 Å². The van der Waals surface area contributed by atoms with Gasteiger partial charge in [-0.2, -0.15) is 0 Å². The molecule has 2 rings (SSSR count). The predicted molar refractivity (Wildman–Crippen MR) is 70.8 cm³/mol. The van der Waals surface area contributed by atoms with Gasteiger partial charge in [0.1, 0.15) is 0 Å². The number of carboxylic acid groups (broad SMARTS) is 1. The molecular weight excluding hydrogens is 244 g/mol. The Morgan fingerprint density at radius 1 is 1.42 bits per heavy atom. The first kappa shape index (κ1) is 13.5. The van der Waals surface area contributed by atoms with Crippen LogP contribution in [-0.2, 0) is 16.1 Å². The number of likely N-dealkylation sites (N-methyl/N-ethyl adjacent to an activating group) is 1. The summed E-state index contributed by atoms with van der Waals surface area (Å²) in [7, 11) is 0. The summed E-state index contributed by atoms with van der Waals surface area (Å²) < 4.78 is 0. The van der Waals surface area contributed by atoms with E-state index in [4.69, 9.17) is 0 Å². The molecule has 0 aromatic heterocycles. The largest absolute Gasteiger partial charge is 0.481 e. The summed E-state index contributed by atoms with van der Waals surface area (Å²) in [6.07, 6.45) is 0. The third kappa shape index (κ3) is 2.93. The van der Waals surface area contributed by atoms with Crippen molar-refractivity contribution in [2.75, 3.05) is 19.6 Å². The average Bonchev–Trinajstić information content (AvgIpc) is 2.43. The lowest BCUT2D eigenvalue weighted by molar-refractivity contribution is -0.141. The molecule has 1 aromatic carbocycles. The monoisotopic (exact) mass is 262 g/mol. The van der Waals surface area contributed by atoms with E-state index in [0.717, 1.165) is 17.7 Å². The Balaban J connectivity index is 2.20. The van der Waals surface area contributed by atoms with E-state index in [-0.39, 0.29) is 19.0 Å². The van der Waals surface area contributed by atoms with E-state index in [1.165, 1.54) is 0 Å². The van der Waals surface area contributed by atoms with Crippen LogP contribution in [0.5, 0.6) is 0 Å². The summed E-state index contributed by atoms with van der Waals surface area (Å²) in [5, 5.41) is 12.3. The van der Waals surface area contributed by atoms with Gasteiger partial charge in [0.05, 0.1) is 12.5 Å². The van der Waals surface area contributed by atoms with E-state index >= 15 is 0 Å². The zero-order valence-corrected chi connectivity index (χ0v) is 10.9. The molecule has 0 bridgehead atoms. The van der Waals surface area contributed by atoms with Crippen LogP contribution in [0.1, 0.15) is 24.0 Å². The normalized spacial score (nSPS) is 17.9. The number of hydrogen-bond donors (Lipinski definition) is 2. The van der Waals surface area contributed by atoms with Crippen molar-refractivity contribution in [3.05, 3.63) is 35.4 Å². The van der Waals surface area contributed by atoms with Crippen LogP contribution in [-0.4, -0.2) is 41.5 Å².